The van der Waals surface area contributed by atoms with E-state index in [-0.39, 0.29) is 0 Å². The Morgan fingerprint density at radius 2 is 1.28 bits per heavy atom. The zero-order valence-corrected chi connectivity index (χ0v) is 12.5. The lowest BCUT2D eigenvalue weighted by molar-refractivity contribution is 0.358. The molecule has 0 saturated heterocycles. The van der Waals surface area contributed by atoms with Crippen LogP contribution >= 0.6 is 0 Å². The molecule has 0 heterocycles. The van der Waals surface area contributed by atoms with Gasteiger partial charge < -0.3 is 4.43 Å². The highest BCUT2D eigenvalue weighted by Crippen LogP contribution is 2.02. The normalized spacial score (nSPS) is 10.9. The monoisotopic (exact) mass is 256 g/mol. The molecule has 0 aliphatic carbocycles. The van der Waals surface area contributed by atoms with Crippen LogP contribution in [0.1, 0.15) is 18.1 Å². The summed E-state index contributed by atoms with van der Waals surface area (Å²) in [6.07, 6.45) is 0. The summed E-state index contributed by atoms with van der Waals surface area (Å²) in [5, 5.41) is 2.79. The predicted octanol–water partition coefficient (Wildman–Crippen LogP) is 2.18. The molecule has 2 rings (SSSR count). The highest BCUT2D eigenvalue weighted by Gasteiger charge is 2.20. The molecule has 0 aliphatic heterocycles. The van der Waals surface area contributed by atoms with Gasteiger partial charge in [-0.15, -0.1) is 0 Å². The number of hydrogen-bond acceptors (Lipinski definition) is 1. The number of aryl methyl sites for hydroxylation is 2. The Morgan fingerprint density at radius 3 is 1.67 bits per heavy atom. The highest BCUT2D eigenvalue weighted by atomic mass is 28.3. The van der Waals surface area contributed by atoms with Crippen LogP contribution in [0.4, 0.5) is 0 Å². The van der Waals surface area contributed by atoms with Crippen LogP contribution in [0.25, 0.3) is 0 Å². The van der Waals surface area contributed by atoms with E-state index in [9.17, 15) is 0 Å². The fraction of sp³-hybridized carbons (Fsp3) is 0.250. The predicted molar refractivity (Wildman–Crippen MR) is 80.4 cm³/mol. The minimum Gasteiger partial charge on any atom is -0.411 e. The molecule has 0 bridgehead atoms. The summed E-state index contributed by atoms with van der Waals surface area (Å²) in [6, 6.07) is 17.2. The first-order valence-corrected chi connectivity index (χ1v) is 8.09. The topological polar surface area (TPSA) is 9.23 Å². The Kier molecular flexibility index (Phi) is 4.34. The summed E-state index contributed by atoms with van der Waals surface area (Å²) in [7, 11) is -1.53. The van der Waals surface area contributed by atoms with Gasteiger partial charge in [-0.1, -0.05) is 48.5 Å². The Bertz CT molecular complexity index is 477. The van der Waals surface area contributed by atoms with E-state index in [1.807, 2.05) is 0 Å². The second-order valence-corrected chi connectivity index (χ2v) is 6.89. The molecular weight excluding hydrogens is 236 g/mol. The maximum atomic E-state index is 6.11. The zero-order valence-electron chi connectivity index (χ0n) is 11.3. The van der Waals surface area contributed by atoms with Crippen molar-refractivity contribution in [2.45, 2.75) is 20.8 Å². The van der Waals surface area contributed by atoms with Crippen molar-refractivity contribution in [3.05, 3.63) is 59.7 Å². The molecule has 2 aromatic carbocycles. The van der Waals surface area contributed by atoms with Crippen LogP contribution in [0.2, 0.25) is 0 Å². The molecule has 0 spiro atoms. The third-order valence-electron chi connectivity index (χ3n) is 3.28. The van der Waals surface area contributed by atoms with Gasteiger partial charge in [0, 0.05) is 6.61 Å². The van der Waals surface area contributed by atoms with E-state index >= 15 is 0 Å². The standard InChI is InChI=1S/C16H20OSi/c1-4-17-18(15-11-7-5-9-13(15)2)16-12-8-6-10-14(16)3/h5-12,18H,4H2,1-3H3. The third kappa shape index (κ3) is 2.71. The van der Waals surface area contributed by atoms with E-state index in [1.165, 1.54) is 21.5 Å². The molecule has 0 amide bonds. The fourth-order valence-electron chi connectivity index (χ4n) is 2.28. The lowest BCUT2D eigenvalue weighted by atomic mass is 10.2. The van der Waals surface area contributed by atoms with Crippen molar-refractivity contribution in [3.63, 3.8) is 0 Å². The average Bonchev–Trinajstić information content (AvgIpc) is 2.38. The molecule has 2 heteroatoms. The van der Waals surface area contributed by atoms with E-state index in [2.05, 4.69) is 69.3 Å². The van der Waals surface area contributed by atoms with Gasteiger partial charge in [0.05, 0.1) is 0 Å². The number of benzene rings is 2. The van der Waals surface area contributed by atoms with Crippen molar-refractivity contribution in [2.75, 3.05) is 6.61 Å². The molecule has 0 atom stereocenters. The second-order valence-electron chi connectivity index (χ2n) is 4.55. The maximum absolute atomic E-state index is 6.11. The van der Waals surface area contributed by atoms with Gasteiger partial charge in [-0.2, -0.15) is 0 Å². The van der Waals surface area contributed by atoms with Gasteiger partial charge in [-0.25, -0.2) is 0 Å². The molecule has 0 radical (unpaired) electrons. The third-order valence-corrected chi connectivity index (χ3v) is 6.37. The molecular formula is C16H20OSi. The molecule has 0 saturated carbocycles. The molecule has 0 aromatic heterocycles. The Labute approximate surface area is 111 Å². The Hall–Kier alpha value is -1.38. The fourth-order valence-corrected chi connectivity index (χ4v) is 4.89. The van der Waals surface area contributed by atoms with E-state index in [4.69, 9.17) is 4.43 Å². The largest absolute Gasteiger partial charge is 0.411 e. The number of hydrogen-bond donors (Lipinski definition) is 0. The summed E-state index contributed by atoms with van der Waals surface area (Å²) < 4.78 is 6.11. The minimum absolute atomic E-state index is 0.777. The maximum Gasteiger partial charge on any atom is 0.240 e. The summed E-state index contributed by atoms with van der Waals surface area (Å²) in [4.78, 5) is 0. The smallest absolute Gasteiger partial charge is 0.240 e. The van der Waals surface area contributed by atoms with Crippen molar-refractivity contribution < 1.29 is 4.43 Å². The van der Waals surface area contributed by atoms with Crippen molar-refractivity contribution in [3.8, 4) is 0 Å². The highest BCUT2D eigenvalue weighted by molar-refractivity contribution is 6.80. The zero-order chi connectivity index (χ0) is 13.0. The first kappa shape index (κ1) is 13.1. The molecule has 2 aromatic rings. The van der Waals surface area contributed by atoms with Crippen LogP contribution in [-0.4, -0.2) is 15.6 Å². The first-order valence-electron chi connectivity index (χ1n) is 6.46. The van der Waals surface area contributed by atoms with Crippen molar-refractivity contribution >= 4 is 19.4 Å². The Morgan fingerprint density at radius 1 is 0.833 bits per heavy atom. The summed E-state index contributed by atoms with van der Waals surface area (Å²) in [5.41, 5.74) is 2.68. The molecule has 0 aliphatic rings. The quantitative estimate of drug-likeness (QED) is 0.762. The van der Waals surface area contributed by atoms with E-state index in [1.54, 1.807) is 0 Å². The second kappa shape index (κ2) is 5.98. The van der Waals surface area contributed by atoms with Gasteiger partial charge in [-0.05, 0) is 42.3 Å². The molecule has 18 heavy (non-hydrogen) atoms. The first-order chi connectivity index (χ1) is 8.74. The lowest BCUT2D eigenvalue weighted by Gasteiger charge is -2.19. The van der Waals surface area contributed by atoms with Gasteiger partial charge in [0.2, 0.25) is 9.04 Å². The van der Waals surface area contributed by atoms with Crippen LogP contribution in [0, 0.1) is 13.8 Å². The van der Waals surface area contributed by atoms with Crippen LogP contribution < -0.4 is 10.4 Å². The van der Waals surface area contributed by atoms with Crippen LogP contribution in [0.3, 0.4) is 0 Å². The molecule has 94 valence electrons. The SMILES string of the molecule is CCO[SiH](c1ccccc1C)c1ccccc1C. The van der Waals surface area contributed by atoms with Crippen LogP contribution in [0.15, 0.2) is 48.5 Å². The van der Waals surface area contributed by atoms with Crippen molar-refractivity contribution in [1.29, 1.82) is 0 Å². The summed E-state index contributed by atoms with van der Waals surface area (Å²) in [5.74, 6) is 0. The van der Waals surface area contributed by atoms with Crippen molar-refractivity contribution in [1.82, 2.24) is 0 Å². The molecule has 0 N–H and O–H groups in total. The van der Waals surface area contributed by atoms with E-state index in [0.717, 1.165) is 6.61 Å². The van der Waals surface area contributed by atoms with Gasteiger partial charge in [-0.3, -0.25) is 0 Å². The van der Waals surface area contributed by atoms with Gasteiger partial charge in [0.25, 0.3) is 0 Å². The van der Waals surface area contributed by atoms with Gasteiger partial charge in [0.1, 0.15) is 0 Å². The van der Waals surface area contributed by atoms with E-state index < -0.39 is 9.04 Å². The van der Waals surface area contributed by atoms with Crippen molar-refractivity contribution in [2.24, 2.45) is 0 Å². The van der Waals surface area contributed by atoms with E-state index in [0.29, 0.717) is 0 Å². The van der Waals surface area contributed by atoms with Gasteiger partial charge in [0.15, 0.2) is 0 Å². The molecule has 0 unspecified atom stereocenters. The summed E-state index contributed by atoms with van der Waals surface area (Å²) >= 11 is 0. The summed E-state index contributed by atoms with van der Waals surface area (Å²) in [6.45, 7) is 7.20. The number of rotatable bonds is 4. The molecule has 0 fully saturated rings. The van der Waals surface area contributed by atoms with Crippen LogP contribution in [-0.2, 0) is 4.43 Å². The average molecular weight is 256 g/mol. The van der Waals surface area contributed by atoms with Gasteiger partial charge >= 0.3 is 0 Å². The lowest BCUT2D eigenvalue weighted by Crippen LogP contribution is -2.47. The molecule has 1 nitrogen and oxygen atoms in total. The Balaban J connectivity index is 2.47. The van der Waals surface area contributed by atoms with Crippen LogP contribution in [0.5, 0.6) is 0 Å². The minimum atomic E-state index is -1.53.